The fourth-order valence-electron chi connectivity index (χ4n) is 2.33. The second-order valence-electron chi connectivity index (χ2n) is 4.55. The molecule has 2 rings (SSSR count). The van der Waals surface area contributed by atoms with Crippen LogP contribution in [0.4, 0.5) is 5.69 Å². The maximum absolute atomic E-state index is 5.24. The zero-order valence-electron chi connectivity index (χ0n) is 10.3. The molecule has 1 aliphatic heterocycles. The number of methoxy groups -OCH3 is 1. The highest BCUT2D eigenvalue weighted by molar-refractivity contribution is 5.56. The number of hydrogen-bond acceptors (Lipinski definition) is 2. The number of benzene rings is 1. The van der Waals surface area contributed by atoms with Gasteiger partial charge in [-0.05, 0) is 43.0 Å². The van der Waals surface area contributed by atoms with Crippen molar-refractivity contribution in [2.75, 3.05) is 12.4 Å². The molecule has 1 atom stereocenters. The quantitative estimate of drug-likeness (QED) is 0.835. The molecule has 0 saturated heterocycles. The van der Waals surface area contributed by atoms with Gasteiger partial charge in [0.25, 0.3) is 0 Å². The van der Waals surface area contributed by atoms with Crippen LogP contribution in [0.5, 0.6) is 5.75 Å². The van der Waals surface area contributed by atoms with Crippen molar-refractivity contribution in [1.82, 2.24) is 0 Å². The minimum atomic E-state index is 0.667. The molecule has 2 heteroatoms. The summed E-state index contributed by atoms with van der Waals surface area (Å²) in [5, 5.41) is 3.63. The maximum Gasteiger partial charge on any atom is 0.119 e. The highest BCUT2D eigenvalue weighted by Crippen LogP contribution is 2.29. The molecular weight excluding hydrogens is 198 g/mol. The summed E-state index contributed by atoms with van der Waals surface area (Å²) in [4.78, 5) is 0. The van der Waals surface area contributed by atoms with Gasteiger partial charge in [0.15, 0.2) is 0 Å². The molecule has 2 nitrogen and oxygen atoms in total. The van der Waals surface area contributed by atoms with E-state index in [1.54, 1.807) is 7.11 Å². The number of fused-ring (bicyclic) bond motifs is 1. The lowest BCUT2D eigenvalue weighted by Gasteiger charge is -2.27. The predicted molar refractivity (Wildman–Crippen MR) is 68.3 cm³/mol. The van der Waals surface area contributed by atoms with Crippen molar-refractivity contribution >= 4 is 5.69 Å². The molecule has 1 N–H and O–H groups in total. The van der Waals surface area contributed by atoms with Crippen LogP contribution in [0.3, 0.4) is 0 Å². The first-order valence-corrected chi connectivity index (χ1v) is 6.27. The van der Waals surface area contributed by atoms with E-state index in [1.165, 1.54) is 43.4 Å². The standard InChI is InChI=1S/C14H21NO/c1-3-4-5-12-7-6-11-10-13(16-2)8-9-14(11)15-12/h8-10,12,15H,3-7H2,1-2H3/t12-/m0/s1. The summed E-state index contributed by atoms with van der Waals surface area (Å²) < 4.78 is 5.24. The molecular formula is C14H21NO. The van der Waals surface area contributed by atoms with Crippen molar-refractivity contribution in [2.45, 2.75) is 45.1 Å². The van der Waals surface area contributed by atoms with E-state index in [9.17, 15) is 0 Å². The van der Waals surface area contributed by atoms with Gasteiger partial charge >= 0.3 is 0 Å². The van der Waals surface area contributed by atoms with Crippen molar-refractivity contribution in [1.29, 1.82) is 0 Å². The monoisotopic (exact) mass is 219 g/mol. The normalized spacial score (nSPS) is 18.8. The first-order chi connectivity index (χ1) is 7.83. The van der Waals surface area contributed by atoms with Crippen molar-refractivity contribution < 1.29 is 4.74 Å². The van der Waals surface area contributed by atoms with Gasteiger partial charge in [0, 0.05) is 11.7 Å². The zero-order chi connectivity index (χ0) is 11.4. The number of nitrogens with one attached hydrogen (secondary N) is 1. The van der Waals surface area contributed by atoms with Crippen LogP contribution in [0.1, 0.15) is 38.2 Å². The molecule has 0 amide bonds. The van der Waals surface area contributed by atoms with Crippen LogP contribution in [0, 0.1) is 0 Å². The van der Waals surface area contributed by atoms with Gasteiger partial charge in [-0.25, -0.2) is 0 Å². The van der Waals surface area contributed by atoms with Gasteiger partial charge in [-0.3, -0.25) is 0 Å². The molecule has 0 aliphatic carbocycles. The van der Waals surface area contributed by atoms with Crippen molar-refractivity contribution in [3.8, 4) is 5.75 Å². The fraction of sp³-hybridized carbons (Fsp3) is 0.571. The van der Waals surface area contributed by atoms with Gasteiger partial charge in [-0.15, -0.1) is 0 Å². The Morgan fingerprint density at radius 1 is 1.44 bits per heavy atom. The van der Waals surface area contributed by atoms with Gasteiger partial charge < -0.3 is 10.1 Å². The van der Waals surface area contributed by atoms with Crippen molar-refractivity contribution in [2.24, 2.45) is 0 Å². The van der Waals surface area contributed by atoms with Gasteiger partial charge in [-0.1, -0.05) is 19.8 Å². The molecule has 1 aromatic rings. The van der Waals surface area contributed by atoms with E-state index in [1.807, 2.05) is 6.07 Å². The third kappa shape index (κ3) is 2.49. The van der Waals surface area contributed by atoms with Crippen LogP contribution in [0.15, 0.2) is 18.2 Å². The van der Waals surface area contributed by atoms with Crippen LogP contribution in [0.2, 0.25) is 0 Å². The van der Waals surface area contributed by atoms with Gasteiger partial charge in [0.05, 0.1) is 7.11 Å². The average Bonchev–Trinajstić information content (AvgIpc) is 2.35. The molecule has 0 spiro atoms. The summed E-state index contributed by atoms with van der Waals surface area (Å²) in [7, 11) is 1.72. The molecule has 88 valence electrons. The molecule has 0 fully saturated rings. The summed E-state index contributed by atoms with van der Waals surface area (Å²) in [5.74, 6) is 0.965. The fourth-order valence-corrected chi connectivity index (χ4v) is 2.33. The Balaban J connectivity index is 2.04. The maximum atomic E-state index is 5.24. The summed E-state index contributed by atoms with van der Waals surface area (Å²) in [6.45, 7) is 2.25. The Morgan fingerprint density at radius 2 is 2.31 bits per heavy atom. The third-order valence-electron chi connectivity index (χ3n) is 3.34. The Morgan fingerprint density at radius 3 is 3.06 bits per heavy atom. The lowest BCUT2D eigenvalue weighted by atomic mass is 9.95. The first kappa shape index (κ1) is 11.3. The van der Waals surface area contributed by atoms with Crippen LogP contribution in [0.25, 0.3) is 0 Å². The summed E-state index contributed by atoms with van der Waals surface area (Å²) in [5.41, 5.74) is 2.69. The highest BCUT2D eigenvalue weighted by Gasteiger charge is 2.17. The van der Waals surface area contributed by atoms with Gasteiger partial charge in [-0.2, -0.15) is 0 Å². The topological polar surface area (TPSA) is 21.3 Å². The van der Waals surface area contributed by atoms with Gasteiger partial charge in [0.2, 0.25) is 0 Å². The van der Waals surface area contributed by atoms with Gasteiger partial charge in [0.1, 0.15) is 5.75 Å². The van der Waals surface area contributed by atoms with E-state index < -0.39 is 0 Å². The Kier molecular flexibility index (Phi) is 3.70. The SMILES string of the molecule is CCCC[C@H]1CCc2cc(OC)ccc2N1. The van der Waals surface area contributed by atoms with Crippen LogP contribution in [-0.4, -0.2) is 13.2 Å². The molecule has 1 heterocycles. The third-order valence-corrected chi connectivity index (χ3v) is 3.34. The lowest BCUT2D eigenvalue weighted by Crippen LogP contribution is -2.25. The Labute approximate surface area is 98.0 Å². The molecule has 0 saturated carbocycles. The summed E-state index contributed by atoms with van der Waals surface area (Å²) in [6, 6.07) is 7.00. The molecule has 16 heavy (non-hydrogen) atoms. The second kappa shape index (κ2) is 5.24. The number of rotatable bonds is 4. The van der Waals surface area contributed by atoms with Crippen LogP contribution < -0.4 is 10.1 Å². The molecule has 1 aliphatic rings. The average molecular weight is 219 g/mol. The number of aryl methyl sites for hydroxylation is 1. The van der Waals surface area contributed by atoms with Crippen molar-refractivity contribution in [3.63, 3.8) is 0 Å². The van der Waals surface area contributed by atoms with E-state index in [0.29, 0.717) is 6.04 Å². The highest BCUT2D eigenvalue weighted by atomic mass is 16.5. The zero-order valence-corrected chi connectivity index (χ0v) is 10.3. The molecule has 0 bridgehead atoms. The smallest absolute Gasteiger partial charge is 0.119 e. The second-order valence-corrected chi connectivity index (χ2v) is 4.55. The van der Waals surface area contributed by atoms with Crippen molar-refractivity contribution in [3.05, 3.63) is 23.8 Å². The molecule has 0 aromatic heterocycles. The van der Waals surface area contributed by atoms with E-state index in [0.717, 1.165) is 5.75 Å². The van der Waals surface area contributed by atoms with Crippen LogP contribution in [-0.2, 0) is 6.42 Å². The molecule has 1 aromatic carbocycles. The number of ether oxygens (including phenoxy) is 1. The number of hydrogen-bond donors (Lipinski definition) is 1. The largest absolute Gasteiger partial charge is 0.497 e. The van der Waals surface area contributed by atoms with E-state index in [4.69, 9.17) is 4.74 Å². The van der Waals surface area contributed by atoms with E-state index in [2.05, 4.69) is 24.4 Å². The minimum absolute atomic E-state index is 0.667. The minimum Gasteiger partial charge on any atom is -0.497 e. The lowest BCUT2D eigenvalue weighted by molar-refractivity contribution is 0.414. The summed E-state index contributed by atoms with van der Waals surface area (Å²) >= 11 is 0. The van der Waals surface area contributed by atoms with Crippen LogP contribution >= 0.6 is 0 Å². The predicted octanol–water partition coefficient (Wildman–Crippen LogP) is 3.61. The summed E-state index contributed by atoms with van der Waals surface area (Å²) in [6.07, 6.45) is 6.33. The first-order valence-electron chi connectivity index (χ1n) is 6.27. The molecule has 0 radical (unpaired) electrons. The molecule has 0 unspecified atom stereocenters. The Bertz CT molecular complexity index is 349. The Hall–Kier alpha value is -1.18. The number of unbranched alkanes of at least 4 members (excludes halogenated alkanes) is 1. The van der Waals surface area contributed by atoms with E-state index in [-0.39, 0.29) is 0 Å². The van der Waals surface area contributed by atoms with E-state index >= 15 is 0 Å². The number of anilines is 1.